The summed E-state index contributed by atoms with van der Waals surface area (Å²) in [6.45, 7) is 14.7. The number of rotatable bonds is 7. The van der Waals surface area contributed by atoms with Crippen molar-refractivity contribution in [2.75, 3.05) is 27.2 Å². The highest BCUT2D eigenvalue weighted by Crippen LogP contribution is 2.35. The Morgan fingerprint density at radius 2 is 1.53 bits per heavy atom. The highest BCUT2D eigenvalue weighted by Gasteiger charge is 2.25. The molecule has 1 N–H and O–H groups in total. The van der Waals surface area contributed by atoms with Gasteiger partial charge in [0.25, 0.3) is 0 Å². The van der Waals surface area contributed by atoms with Gasteiger partial charge in [-0.15, -0.1) is 0 Å². The van der Waals surface area contributed by atoms with Crippen molar-refractivity contribution in [3.63, 3.8) is 0 Å². The zero-order valence-electron chi connectivity index (χ0n) is 19.9. The van der Waals surface area contributed by atoms with E-state index < -0.39 is 6.10 Å². The molecular weight excluding hydrogens is 377 g/mol. The van der Waals surface area contributed by atoms with E-state index in [1.165, 1.54) is 17.7 Å². The van der Waals surface area contributed by atoms with E-state index in [9.17, 15) is 9.50 Å². The number of halogens is 1. The van der Waals surface area contributed by atoms with E-state index >= 15 is 0 Å². The first kappa shape index (κ1) is 24.4. The van der Waals surface area contributed by atoms with Crippen LogP contribution in [0.25, 0.3) is 0 Å². The molecule has 2 aromatic rings. The molecule has 166 valence electrons. The largest absolute Gasteiger partial charge is 0.490 e. The second-order valence-electron chi connectivity index (χ2n) is 11.1. The second-order valence-corrected chi connectivity index (χ2v) is 11.1. The van der Waals surface area contributed by atoms with Crippen LogP contribution in [0.15, 0.2) is 42.5 Å². The maximum Gasteiger partial charge on any atom is 0.137 e. The van der Waals surface area contributed by atoms with Gasteiger partial charge in [0.1, 0.15) is 37.4 Å². The molecule has 0 unspecified atom stereocenters. The number of aliphatic hydroxyl groups excluding tert-OH is 1. The molecule has 0 aliphatic heterocycles. The van der Waals surface area contributed by atoms with E-state index in [1.54, 1.807) is 12.1 Å². The molecule has 0 heterocycles. The van der Waals surface area contributed by atoms with Gasteiger partial charge in [-0.1, -0.05) is 65.8 Å². The molecule has 4 heteroatoms. The molecule has 2 aromatic carbocycles. The molecule has 0 aliphatic rings. The van der Waals surface area contributed by atoms with Gasteiger partial charge in [0.2, 0.25) is 0 Å². The van der Waals surface area contributed by atoms with E-state index in [4.69, 9.17) is 4.74 Å². The van der Waals surface area contributed by atoms with E-state index in [-0.39, 0.29) is 23.3 Å². The Bertz CT molecular complexity index is 830. The Hall–Kier alpha value is -1.91. The molecule has 0 spiro atoms. The third kappa shape index (κ3) is 7.10. The van der Waals surface area contributed by atoms with Crippen molar-refractivity contribution in [2.24, 2.45) is 0 Å². The SMILES string of the molecule is CC(C)(C)c1ccc(OC[C@@H](O)C[N+](C)(C)Cc2ccc(F)cc2)c(C(C)(C)C)c1. The Kier molecular flexibility index (Phi) is 7.36. The van der Waals surface area contributed by atoms with Crippen molar-refractivity contribution in [2.45, 2.75) is 65.0 Å². The van der Waals surface area contributed by atoms with Crippen LogP contribution in [0.4, 0.5) is 4.39 Å². The van der Waals surface area contributed by atoms with Crippen LogP contribution >= 0.6 is 0 Å². The van der Waals surface area contributed by atoms with Crippen molar-refractivity contribution in [1.82, 2.24) is 0 Å². The molecule has 0 radical (unpaired) electrons. The first-order chi connectivity index (χ1) is 13.7. The van der Waals surface area contributed by atoms with Crippen LogP contribution in [0.5, 0.6) is 5.75 Å². The topological polar surface area (TPSA) is 29.5 Å². The van der Waals surface area contributed by atoms with Gasteiger partial charge in [-0.05, 0) is 40.2 Å². The zero-order chi connectivity index (χ0) is 22.7. The number of hydrogen-bond acceptors (Lipinski definition) is 2. The number of likely N-dealkylation sites (N-methyl/N-ethyl adjacent to an activating group) is 1. The van der Waals surface area contributed by atoms with E-state index in [2.05, 4.69) is 67.8 Å². The molecule has 3 nitrogen and oxygen atoms in total. The number of hydrogen-bond donors (Lipinski definition) is 1. The maximum absolute atomic E-state index is 13.1. The average molecular weight is 417 g/mol. The lowest BCUT2D eigenvalue weighted by Crippen LogP contribution is -2.46. The summed E-state index contributed by atoms with van der Waals surface area (Å²) < 4.78 is 19.8. The Morgan fingerprint density at radius 1 is 0.933 bits per heavy atom. The number of aliphatic hydroxyl groups is 1. The van der Waals surface area contributed by atoms with Crippen molar-refractivity contribution in [1.29, 1.82) is 0 Å². The summed E-state index contributed by atoms with van der Waals surface area (Å²) in [7, 11) is 4.12. The lowest BCUT2D eigenvalue weighted by molar-refractivity contribution is -0.906. The first-order valence-corrected chi connectivity index (χ1v) is 10.7. The standard InChI is InChI=1S/C26H39FNO2/c1-25(2,3)20-11-14-24(23(15-20)26(4,5)6)30-18-22(29)17-28(7,8)16-19-9-12-21(27)13-10-19/h9-15,22,29H,16-18H2,1-8H3/q+1/t22-/m0/s1. The van der Waals surface area contributed by atoms with Crippen LogP contribution in [0.3, 0.4) is 0 Å². The fourth-order valence-corrected chi connectivity index (χ4v) is 3.67. The van der Waals surface area contributed by atoms with Gasteiger partial charge in [-0.3, -0.25) is 0 Å². The fourth-order valence-electron chi connectivity index (χ4n) is 3.67. The summed E-state index contributed by atoms with van der Waals surface area (Å²) >= 11 is 0. The normalized spacial score (nSPS) is 13.9. The molecule has 0 bridgehead atoms. The summed E-state index contributed by atoms with van der Waals surface area (Å²) in [6, 6.07) is 12.9. The summed E-state index contributed by atoms with van der Waals surface area (Å²) in [5.41, 5.74) is 3.49. The molecule has 0 fully saturated rings. The number of nitrogens with zero attached hydrogens (tertiary/aromatic N) is 1. The molecule has 0 saturated carbocycles. The van der Waals surface area contributed by atoms with Crippen LogP contribution in [-0.4, -0.2) is 42.9 Å². The minimum atomic E-state index is -0.601. The van der Waals surface area contributed by atoms with Crippen molar-refractivity contribution >= 4 is 0 Å². The third-order valence-corrected chi connectivity index (χ3v) is 5.31. The van der Waals surface area contributed by atoms with Crippen LogP contribution in [0.2, 0.25) is 0 Å². The minimum absolute atomic E-state index is 0.0561. The second kappa shape index (κ2) is 9.07. The number of benzene rings is 2. The summed E-state index contributed by atoms with van der Waals surface area (Å²) in [4.78, 5) is 0. The van der Waals surface area contributed by atoms with E-state index in [1.807, 2.05) is 6.07 Å². The van der Waals surface area contributed by atoms with Gasteiger partial charge in [-0.25, -0.2) is 4.39 Å². The van der Waals surface area contributed by atoms with Crippen LogP contribution in [-0.2, 0) is 17.4 Å². The van der Waals surface area contributed by atoms with Gasteiger partial charge in [0.15, 0.2) is 0 Å². The van der Waals surface area contributed by atoms with Gasteiger partial charge in [-0.2, -0.15) is 0 Å². The number of quaternary nitrogens is 1. The van der Waals surface area contributed by atoms with Crippen molar-refractivity contribution in [3.05, 3.63) is 65.0 Å². The fraction of sp³-hybridized carbons (Fsp3) is 0.538. The summed E-state index contributed by atoms with van der Waals surface area (Å²) in [5, 5.41) is 10.6. The molecule has 1 atom stereocenters. The predicted octanol–water partition coefficient (Wildman–Crippen LogP) is 5.44. The van der Waals surface area contributed by atoms with Crippen molar-refractivity contribution < 1.29 is 18.7 Å². The Labute approximate surface area is 182 Å². The smallest absolute Gasteiger partial charge is 0.137 e. The maximum atomic E-state index is 13.1. The number of ether oxygens (including phenoxy) is 1. The van der Waals surface area contributed by atoms with E-state index in [0.717, 1.165) is 16.9 Å². The predicted molar refractivity (Wildman–Crippen MR) is 122 cm³/mol. The lowest BCUT2D eigenvalue weighted by Gasteiger charge is -2.32. The monoisotopic (exact) mass is 416 g/mol. The van der Waals surface area contributed by atoms with E-state index in [0.29, 0.717) is 17.6 Å². The van der Waals surface area contributed by atoms with Crippen molar-refractivity contribution in [3.8, 4) is 5.75 Å². The van der Waals surface area contributed by atoms with Crippen LogP contribution < -0.4 is 4.74 Å². The lowest BCUT2D eigenvalue weighted by atomic mass is 9.80. The minimum Gasteiger partial charge on any atom is -0.490 e. The zero-order valence-corrected chi connectivity index (χ0v) is 19.9. The summed E-state index contributed by atoms with van der Waals surface area (Å²) in [5.74, 6) is 0.600. The molecular formula is C26H39FNO2+. The molecule has 2 rings (SSSR count). The summed E-state index contributed by atoms with van der Waals surface area (Å²) in [6.07, 6.45) is -0.601. The molecule has 0 saturated heterocycles. The molecule has 0 aliphatic carbocycles. The Balaban J connectivity index is 2.06. The van der Waals surface area contributed by atoms with Gasteiger partial charge < -0.3 is 14.3 Å². The molecule has 0 amide bonds. The van der Waals surface area contributed by atoms with Gasteiger partial charge in [0, 0.05) is 5.56 Å². The molecule has 0 aromatic heterocycles. The highest BCUT2D eigenvalue weighted by atomic mass is 19.1. The van der Waals surface area contributed by atoms with Crippen LogP contribution in [0, 0.1) is 5.82 Å². The average Bonchev–Trinajstić information content (AvgIpc) is 2.59. The van der Waals surface area contributed by atoms with Gasteiger partial charge >= 0.3 is 0 Å². The van der Waals surface area contributed by atoms with Gasteiger partial charge in [0.05, 0.1) is 14.1 Å². The third-order valence-electron chi connectivity index (χ3n) is 5.31. The quantitative estimate of drug-likeness (QED) is 0.609. The van der Waals surface area contributed by atoms with Crippen LogP contribution in [0.1, 0.15) is 58.2 Å². The molecule has 30 heavy (non-hydrogen) atoms. The first-order valence-electron chi connectivity index (χ1n) is 10.7. The Morgan fingerprint density at radius 3 is 2.07 bits per heavy atom. The highest BCUT2D eigenvalue weighted by molar-refractivity contribution is 5.43.